The Morgan fingerprint density at radius 2 is 1.58 bits per heavy atom. The van der Waals surface area contributed by atoms with Gasteiger partial charge in [0.05, 0.1) is 11.4 Å². The SMILES string of the molecule is CCc1c(C)nn(-c2cccc(-c3cccc(CN4CCN(C)CC4)c3)c2)c1C.O=C(O)C(F)(F)F. The number of benzene rings is 2. The fraction of sp³-hybridized carbons (Fsp3) is 0.407. The average molecular weight is 503 g/mol. The molecule has 1 N–H and O–H groups in total. The molecule has 0 radical (unpaired) electrons. The zero-order valence-corrected chi connectivity index (χ0v) is 21.1. The summed E-state index contributed by atoms with van der Waals surface area (Å²) in [4.78, 5) is 13.9. The first kappa shape index (κ1) is 27.4. The molecule has 36 heavy (non-hydrogen) atoms. The molecule has 1 aromatic heterocycles. The van der Waals surface area contributed by atoms with E-state index in [0.717, 1.165) is 50.5 Å². The summed E-state index contributed by atoms with van der Waals surface area (Å²) < 4.78 is 33.8. The number of alkyl halides is 3. The summed E-state index contributed by atoms with van der Waals surface area (Å²) in [6.45, 7) is 12.1. The predicted octanol–water partition coefficient (Wildman–Crippen LogP) is 5.10. The number of nitrogens with zero attached hydrogens (tertiary/aromatic N) is 4. The average Bonchev–Trinajstić information content (AvgIpc) is 3.13. The van der Waals surface area contributed by atoms with Gasteiger partial charge in [0.1, 0.15) is 0 Å². The minimum atomic E-state index is -5.08. The maximum Gasteiger partial charge on any atom is 0.490 e. The van der Waals surface area contributed by atoms with Crippen molar-refractivity contribution >= 4 is 5.97 Å². The molecular formula is C27H33F3N4O2. The molecule has 2 heterocycles. The Morgan fingerprint density at radius 3 is 2.14 bits per heavy atom. The van der Waals surface area contributed by atoms with Gasteiger partial charge in [0.2, 0.25) is 0 Å². The Balaban J connectivity index is 0.000000454. The number of carboxylic acid groups (broad SMARTS) is 1. The first-order chi connectivity index (χ1) is 17.0. The quantitative estimate of drug-likeness (QED) is 0.526. The summed E-state index contributed by atoms with van der Waals surface area (Å²) in [7, 11) is 2.21. The summed E-state index contributed by atoms with van der Waals surface area (Å²) >= 11 is 0. The van der Waals surface area contributed by atoms with Crippen molar-refractivity contribution in [1.82, 2.24) is 19.6 Å². The van der Waals surface area contributed by atoms with Crippen molar-refractivity contribution in [3.05, 3.63) is 71.0 Å². The van der Waals surface area contributed by atoms with Crippen LogP contribution in [0.4, 0.5) is 13.2 Å². The fourth-order valence-electron chi connectivity index (χ4n) is 4.37. The zero-order valence-electron chi connectivity index (χ0n) is 21.1. The van der Waals surface area contributed by atoms with E-state index in [4.69, 9.17) is 15.0 Å². The van der Waals surface area contributed by atoms with E-state index in [1.165, 1.54) is 27.9 Å². The number of carboxylic acids is 1. The molecule has 0 spiro atoms. The minimum absolute atomic E-state index is 1.02. The van der Waals surface area contributed by atoms with Gasteiger partial charge in [0.25, 0.3) is 0 Å². The second-order valence-electron chi connectivity index (χ2n) is 9.05. The van der Waals surface area contributed by atoms with Crippen LogP contribution in [0, 0.1) is 13.8 Å². The lowest BCUT2D eigenvalue weighted by atomic mass is 10.0. The first-order valence-electron chi connectivity index (χ1n) is 12.0. The second kappa shape index (κ2) is 11.7. The number of hydrogen-bond acceptors (Lipinski definition) is 4. The number of rotatable bonds is 5. The second-order valence-corrected chi connectivity index (χ2v) is 9.05. The van der Waals surface area contributed by atoms with Crippen molar-refractivity contribution in [2.45, 2.75) is 39.9 Å². The van der Waals surface area contributed by atoms with E-state index in [-0.39, 0.29) is 0 Å². The van der Waals surface area contributed by atoms with Gasteiger partial charge in [0, 0.05) is 38.4 Å². The predicted molar refractivity (Wildman–Crippen MR) is 134 cm³/mol. The van der Waals surface area contributed by atoms with Crippen LogP contribution >= 0.6 is 0 Å². The lowest BCUT2D eigenvalue weighted by molar-refractivity contribution is -0.192. The third-order valence-electron chi connectivity index (χ3n) is 6.39. The maximum atomic E-state index is 10.6. The summed E-state index contributed by atoms with van der Waals surface area (Å²) in [6, 6.07) is 17.7. The zero-order chi connectivity index (χ0) is 26.5. The highest BCUT2D eigenvalue weighted by atomic mass is 19.4. The van der Waals surface area contributed by atoms with Gasteiger partial charge in [-0.05, 0) is 67.8 Å². The van der Waals surface area contributed by atoms with Crippen LogP contribution in [0.5, 0.6) is 0 Å². The number of aromatic nitrogens is 2. The van der Waals surface area contributed by atoms with Crippen LogP contribution in [0.1, 0.15) is 29.4 Å². The van der Waals surface area contributed by atoms with Crippen molar-refractivity contribution in [3.63, 3.8) is 0 Å². The highest BCUT2D eigenvalue weighted by Gasteiger charge is 2.38. The Kier molecular flexibility index (Phi) is 8.92. The van der Waals surface area contributed by atoms with Gasteiger partial charge in [-0.1, -0.05) is 37.3 Å². The van der Waals surface area contributed by atoms with Crippen LogP contribution in [0.3, 0.4) is 0 Å². The molecule has 9 heteroatoms. The third kappa shape index (κ3) is 6.95. The van der Waals surface area contributed by atoms with Crippen LogP contribution in [0.15, 0.2) is 48.5 Å². The number of aryl methyl sites for hydroxylation is 1. The van der Waals surface area contributed by atoms with Crippen LogP contribution in [-0.2, 0) is 17.8 Å². The van der Waals surface area contributed by atoms with Crippen LogP contribution in [0.2, 0.25) is 0 Å². The van der Waals surface area contributed by atoms with Crippen LogP contribution in [-0.4, -0.2) is 70.1 Å². The fourth-order valence-corrected chi connectivity index (χ4v) is 4.37. The third-order valence-corrected chi connectivity index (χ3v) is 6.39. The van der Waals surface area contributed by atoms with E-state index >= 15 is 0 Å². The van der Waals surface area contributed by atoms with E-state index in [2.05, 4.69) is 90.8 Å². The number of aliphatic carboxylic acids is 1. The topological polar surface area (TPSA) is 61.6 Å². The number of likely N-dealkylation sites (N-methyl/N-ethyl adjacent to an activating group) is 1. The summed E-state index contributed by atoms with van der Waals surface area (Å²) in [5.41, 5.74) is 8.76. The van der Waals surface area contributed by atoms with E-state index in [0.29, 0.717) is 0 Å². The van der Waals surface area contributed by atoms with Gasteiger partial charge in [0.15, 0.2) is 0 Å². The lowest BCUT2D eigenvalue weighted by Gasteiger charge is -2.32. The van der Waals surface area contributed by atoms with Gasteiger partial charge in [-0.15, -0.1) is 0 Å². The molecule has 0 unspecified atom stereocenters. The van der Waals surface area contributed by atoms with E-state index in [1.807, 2.05) is 0 Å². The first-order valence-corrected chi connectivity index (χ1v) is 12.0. The van der Waals surface area contributed by atoms with Crippen LogP contribution in [0.25, 0.3) is 16.8 Å². The molecular weight excluding hydrogens is 469 g/mol. The van der Waals surface area contributed by atoms with Crippen molar-refractivity contribution in [2.24, 2.45) is 0 Å². The highest BCUT2D eigenvalue weighted by Crippen LogP contribution is 2.25. The van der Waals surface area contributed by atoms with Crippen molar-refractivity contribution in [3.8, 4) is 16.8 Å². The molecule has 0 aliphatic carbocycles. The van der Waals surface area contributed by atoms with Crippen LogP contribution < -0.4 is 0 Å². The van der Waals surface area contributed by atoms with E-state index in [1.54, 1.807) is 0 Å². The van der Waals surface area contributed by atoms with Gasteiger partial charge >= 0.3 is 12.1 Å². The minimum Gasteiger partial charge on any atom is -0.475 e. The lowest BCUT2D eigenvalue weighted by Crippen LogP contribution is -2.43. The molecule has 1 saturated heterocycles. The molecule has 1 fully saturated rings. The molecule has 1 aliphatic heterocycles. The van der Waals surface area contributed by atoms with Crippen molar-refractivity contribution < 1.29 is 23.1 Å². The summed E-state index contributed by atoms with van der Waals surface area (Å²) in [5, 5.41) is 11.9. The maximum absolute atomic E-state index is 10.6. The van der Waals surface area contributed by atoms with Gasteiger partial charge in [-0.25, -0.2) is 9.48 Å². The van der Waals surface area contributed by atoms with E-state index < -0.39 is 12.1 Å². The van der Waals surface area contributed by atoms with Crippen molar-refractivity contribution in [2.75, 3.05) is 33.2 Å². The summed E-state index contributed by atoms with van der Waals surface area (Å²) in [5.74, 6) is -2.76. The Labute approximate surface area is 210 Å². The monoisotopic (exact) mass is 502 g/mol. The Bertz CT molecular complexity index is 1180. The van der Waals surface area contributed by atoms with Crippen molar-refractivity contribution in [1.29, 1.82) is 0 Å². The van der Waals surface area contributed by atoms with E-state index in [9.17, 15) is 13.2 Å². The molecule has 3 aromatic rings. The molecule has 2 aromatic carbocycles. The highest BCUT2D eigenvalue weighted by molar-refractivity contribution is 5.73. The molecule has 4 rings (SSSR count). The van der Waals surface area contributed by atoms with Gasteiger partial charge in [-0.2, -0.15) is 18.3 Å². The smallest absolute Gasteiger partial charge is 0.475 e. The molecule has 194 valence electrons. The Morgan fingerprint density at radius 1 is 1.00 bits per heavy atom. The molecule has 1 aliphatic rings. The molecule has 6 nitrogen and oxygen atoms in total. The number of halogens is 3. The number of piperazine rings is 1. The van der Waals surface area contributed by atoms with Gasteiger partial charge in [-0.3, -0.25) is 4.90 Å². The molecule has 0 saturated carbocycles. The molecule has 0 amide bonds. The number of hydrogen-bond donors (Lipinski definition) is 1. The van der Waals surface area contributed by atoms with Gasteiger partial charge < -0.3 is 10.0 Å². The molecule has 0 bridgehead atoms. The largest absolute Gasteiger partial charge is 0.490 e. The number of carbonyl (C=O) groups is 1. The summed E-state index contributed by atoms with van der Waals surface area (Å²) in [6.07, 6.45) is -4.06. The Hall–Kier alpha value is -3.17. The standard InChI is InChI=1S/C25H32N4.C2HF3O2/c1-5-25-19(2)26-29(20(25)3)24-11-7-10-23(17-24)22-9-6-8-21(16-22)18-28-14-12-27(4)13-15-28;3-2(4,5)1(6)7/h6-11,16-17H,5,12-15,18H2,1-4H3;(H,6,7). The molecule has 0 atom stereocenters. The normalized spacial score (nSPS) is 14.9.